The topological polar surface area (TPSA) is 99.1 Å². The van der Waals surface area contributed by atoms with Gasteiger partial charge in [-0.05, 0) is 29.7 Å². The van der Waals surface area contributed by atoms with Crippen LogP contribution < -0.4 is 4.91 Å². The molecular weight excluding hydrogens is 242 g/mol. The molecule has 2 rings (SSSR count). The molecule has 0 saturated heterocycles. The fourth-order valence-electron chi connectivity index (χ4n) is 1.80. The number of nitrogens with zero attached hydrogens (tertiary/aromatic N) is 1. The van der Waals surface area contributed by atoms with Crippen LogP contribution in [0, 0.1) is 18.0 Å². The summed E-state index contributed by atoms with van der Waals surface area (Å²) in [5.74, 6) is -0.879. The molecule has 0 heterocycles. The second-order valence-corrected chi connectivity index (χ2v) is 3.76. The normalized spacial score (nSPS) is 8.89. The highest BCUT2D eigenvalue weighted by molar-refractivity contribution is 5.92. The summed E-state index contributed by atoms with van der Waals surface area (Å²) in [5.41, 5.74) is 14.2. The van der Waals surface area contributed by atoms with Crippen LogP contribution in [0.3, 0.4) is 0 Å². The van der Waals surface area contributed by atoms with E-state index in [2.05, 4.69) is 0 Å². The van der Waals surface area contributed by atoms with Crippen LogP contribution in [0.4, 0.5) is 0 Å². The summed E-state index contributed by atoms with van der Waals surface area (Å²) in [6, 6.07) is 15.1. The molecule has 96 valence electrons. The van der Waals surface area contributed by atoms with E-state index in [9.17, 15) is 4.79 Å². The zero-order valence-electron chi connectivity index (χ0n) is 10.4. The third-order valence-electron chi connectivity index (χ3n) is 2.65. The van der Waals surface area contributed by atoms with Gasteiger partial charge in [-0.1, -0.05) is 42.5 Å². The number of hydrogen-bond acceptors (Lipinski definition) is 3. The van der Waals surface area contributed by atoms with E-state index in [4.69, 9.17) is 16.2 Å². The predicted octanol–water partition coefficient (Wildman–Crippen LogP) is 3.48. The highest BCUT2D eigenvalue weighted by Gasteiger charge is 2.10. The second kappa shape index (κ2) is 6.83. The molecule has 0 fully saturated rings. The molecule has 2 aromatic carbocycles. The number of aromatic carboxylic acids is 1. The van der Waals surface area contributed by atoms with Crippen molar-refractivity contribution in [2.45, 2.75) is 6.92 Å². The minimum atomic E-state index is -0.879. The summed E-state index contributed by atoms with van der Waals surface area (Å²) in [7, 11) is 0. The van der Waals surface area contributed by atoms with Gasteiger partial charge in [0.1, 0.15) is 11.1 Å². The first kappa shape index (κ1) is 14.3. The van der Waals surface area contributed by atoms with E-state index in [1.165, 1.54) is 0 Å². The van der Waals surface area contributed by atoms with Crippen LogP contribution in [-0.2, 0) is 0 Å². The molecule has 0 atom stereocenters. The van der Waals surface area contributed by atoms with E-state index in [1.54, 1.807) is 12.1 Å². The molecular formula is C14H14N3O2+. The Balaban J connectivity index is 0.000000550. The van der Waals surface area contributed by atoms with Crippen LogP contribution in [0.2, 0.25) is 0 Å². The molecule has 0 spiro atoms. The van der Waals surface area contributed by atoms with Crippen LogP contribution in [0.5, 0.6) is 0 Å². The molecule has 0 unspecified atom stereocenters. The predicted molar refractivity (Wildman–Crippen MR) is 71.1 cm³/mol. The van der Waals surface area contributed by atoms with Gasteiger partial charge in [-0.3, -0.25) is 0 Å². The molecule has 3 N–H and O–H groups in total. The van der Waals surface area contributed by atoms with Gasteiger partial charge in [0, 0.05) is 0 Å². The average Bonchev–Trinajstić information content (AvgIpc) is 2.40. The molecule has 5 heteroatoms. The Bertz CT molecular complexity index is 603. The molecule has 0 aromatic heterocycles. The maximum absolute atomic E-state index is 11.0. The van der Waals surface area contributed by atoms with Crippen molar-refractivity contribution in [1.82, 2.24) is 4.91 Å². The Morgan fingerprint density at radius 2 is 1.63 bits per heavy atom. The molecule has 0 aliphatic rings. The molecule has 0 aliphatic carbocycles. The highest BCUT2D eigenvalue weighted by Crippen LogP contribution is 2.25. The summed E-state index contributed by atoms with van der Waals surface area (Å²) < 4.78 is 0. The second-order valence-electron chi connectivity index (χ2n) is 3.76. The first-order chi connectivity index (χ1) is 9.11. The van der Waals surface area contributed by atoms with Gasteiger partial charge in [0.15, 0.2) is 0 Å². The third-order valence-corrected chi connectivity index (χ3v) is 2.65. The molecule has 0 amide bonds. The third kappa shape index (κ3) is 3.59. The maximum Gasteiger partial charge on any atom is 0.335 e. The van der Waals surface area contributed by atoms with Crippen LogP contribution in [0.25, 0.3) is 11.1 Å². The van der Waals surface area contributed by atoms with Crippen LogP contribution in [0.15, 0.2) is 48.5 Å². The molecule has 19 heavy (non-hydrogen) atoms. The number of nitrogens with one attached hydrogen (secondary N) is 2. The van der Waals surface area contributed by atoms with Gasteiger partial charge in [0.25, 0.3) is 0 Å². The Hall–Kier alpha value is -2.78. The lowest BCUT2D eigenvalue weighted by Gasteiger charge is -2.08. The van der Waals surface area contributed by atoms with Crippen LogP contribution >= 0.6 is 0 Å². The molecule has 0 saturated carbocycles. The van der Waals surface area contributed by atoms with E-state index < -0.39 is 5.97 Å². The summed E-state index contributed by atoms with van der Waals surface area (Å²) in [4.78, 5) is 13.0. The molecule has 2 aromatic rings. The van der Waals surface area contributed by atoms with Gasteiger partial charge in [0.05, 0.1) is 5.56 Å². The molecule has 0 bridgehead atoms. The fraction of sp³-hybridized carbons (Fsp3) is 0.0714. The lowest BCUT2D eigenvalue weighted by atomic mass is 9.97. The fourth-order valence-corrected chi connectivity index (χ4v) is 1.80. The van der Waals surface area contributed by atoms with Crippen molar-refractivity contribution in [1.29, 1.82) is 11.1 Å². The highest BCUT2D eigenvalue weighted by atomic mass is 16.4. The van der Waals surface area contributed by atoms with Gasteiger partial charge in [0.2, 0.25) is 4.91 Å². The molecule has 0 aliphatic heterocycles. The lowest BCUT2D eigenvalue weighted by Crippen LogP contribution is -2.00. The van der Waals surface area contributed by atoms with Gasteiger partial charge in [-0.15, -0.1) is 0 Å². The van der Waals surface area contributed by atoms with Crippen molar-refractivity contribution in [3.8, 4) is 11.1 Å². The molecule has 5 nitrogen and oxygen atoms in total. The largest absolute Gasteiger partial charge is 0.478 e. The SMILES string of the molecule is Cc1c(C(=O)O)cccc1-c1ccccc1.N=[N+]=N. The van der Waals surface area contributed by atoms with Gasteiger partial charge in [-0.2, -0.15) is 0 Å². The summed E-state index contributed by atoms with van der Waals surface area (Å²) >= 11 is 0. The zero-order valence-corrected chi connectivity index (χ0v) is 10.4. The monoisotopic (exact) mass is 256 g/mol. The Labute approximate surface area is 110 Å². The van der Waals surface area contributed by atoms with Crippen molar-refractivity contribution >= 4 is 5.97 Å². The summed E-state index contributed by atoms with van der Waals surface area (Å²) in [5, 5.41) is 9.04. The standard InChI is InChI=1S/C14H12O2.H2N3/c1-10-12(11-6-3-2-4-7-11)8-5-9-13(10)14(15)16;1-3-2/h2-9H,1H3,(H,15,16);1-2H/q;+1. The van der Waals surface area contributed by atoms with Crippen molar-refractivity contribution in [3.05, 3.63) is 59.7 Å². The average molecular weight is 256 g/mol. The number of rotatable bonds is 2. The number of carboxylic acids is 1. The van der Waals surface area contributed by atoms with E-state index >= 15 is 0 Å². The smallest absolute Gasteiger partial charge is 0.335 e. The van der Waals surface area contributed by atoms with Crippen molar-refractivity contribution in [2.75, 3.05) is 0 Å². The quantitative estimate of drug-likeness (QED) is 0.566. The number of carboxylic acid groups (broad SMARTS) is 1. The Morgan fingerprint density at radius 1 is 1.05 bits per heavy atom. The first-order valence-electron chi connectivity index (χ1n) is 5.53. The first-order valence-corrected chi connectivity index (χ1v) is 5.53. The Morgan fingerprint density at radius 3 is 2.16 bits per heavy atom. The Kier molecular flexibility index (Phi) is 5.14. The number of carbonyl (C=O) groups is 1. The van der Waals surface area contributed by atoms with Crippen molar-refractivity contribution in [3.63, 3.8) is 0 Å². The van der Waals surface area contributed by atoms with Gasteiger partial charge in [-0.25, -0.2) is 4.79 Å². The summed E-state index contributed by atoms with van der Waals surface area (Å²) in [6.07, 6.45) is 0. The van der Waals surface area contributed by atoms with Crippen molar-refractivity contribution < 1.29 is 9.90 Å². The van der Waals surface area contributed by atoms with E-state index in [1.807, 2.05) is 48.2 Å². The van der Waals surface area contributed by atoms with Crippen molar-refractivity contribution in [2.24, 2.45) is 0 Å². The van der Waals surface area contributed by atoms with Crippen LogP contribution in [-0.4, -0.2) is 11.1 Å². The van der Waals surface area contributed by atoms with Crippen LogP contribution in [0.1, 0.15) is 15.9 Å². The van der Waals surface area contributed by atoms with E-state index in [0.717, 1.165) is 16.7 Å². The van der Waals surface area contributed by atoms with E-state index in [-0.39, 0.29) is 0 Å². The minimum Gasteiger partial charge on any atom is -0.478 e. The van der Waals surface area contributed by atoms with Gasteiger partial charge >= 0.3 is 5.97 Å². The van der Waals surface area contributed by atoms with Gasteiger partial charge < -0.3 is 5.11 Å². The summed E-state index contributed by atoms with van der Waals surface area (Å²) in [6.45, 7) is 1.84. The lowest BCUT2D eigenvalue weighted by molar-refractivity contribution is 0.0696. The minimum absolute atomic E-state index is 0.362. The zero-order chi connectivity index (χ0) is 14.3. The van der Waals surface area contributed by atoms with E-state index in [0.29, 0.717) is 5.56 Å². The number of hydrogen-bond donors (Lipinski definition) is 3. The number of benzene rings is 2. The maximum atomic E-state index is 11.0. The molecule has 0 radical (unpaired) electrons.